The minimum absolute atomic E-state index is 0.204. The number of ether oxygens (including phenoxy) is 1. The molecule has 1 rings (SSSR count). The monoisotopic (exact) mass is 185 g/mol. The van der Waals surface area contributed by atoms with E-state index < -0.39 is 6.04 Å². The maximum absolute atomic E-state index is 11.2. The van der Waals surface area contributed by atoms with Gasteiger partial charge in [-0.15, -0.1) is 0 Å². The van der Waals surface area contributed by atoms with Gasteiger partial charge in [0.1, 0.15) is 5.76 Å². The van der Waals surface area contributed by atoms with Gasteiger partial charge in [0, 0.05) is 0 Å². The van der Waals surface area contributed by atoms with Crippen molar-refractivity contribution < 1.29 is 14.6 Å². The Kier molecular flexibility index (Phi) is 3.06. The second-order valence-electron chi connectivity index (χ2n) is 3.55. The number of esters is 1. The van der Waals surface area contributed by atoms with Crippen molar-refractivity contribution >= 4 is 5.97 Å². The van der Waals surface area contributed by atoms with Gasteiger partial charge in [-0.3, -0.25) is 4.79 Å². The second kappa shape index (κ2) is 3.89. The van der Waals surface area contributed by atoms with Crippen LogP contribution >= 0.6 is 0 Å². The van der Waals surface area contributed by atoms with E-state index in [2.05, 4.69) is 0 Å². The van der Waals surface area contributed by atoms with Crippen LogP contribution in [0.3, 0.4) is 0 Å². The van der Waals surface area contributed by atoms with Crippen molar-refractivity contribution in [2.24, 2.45) is 17.6 Å². The molecule has 0 aliphatic carbocycles. The summed E-state index contributed by atoms with van der Waals surface area (Å²) in [5.41, 5.74) is 5.51. The Hall–Kier alpha value is -0.870. The molecular formula is C9H15NO3. The first-order chi connectivity index (χ1) is 6.06. The smallest absolute Gasteiger partial charge is 0.318 e. The van der Waals surface area contributed by atoms with E-state index in [4.69, 9.17) is 15.6 Å². The molecule has 1 heterocycles. The van der Waals surface area contributed by atoms with Gasteiger partial charge in [-0.1, -0.05) is 13.8 Å². The van der Waals surface area contributed by atoms with Crippen LogP contribution in [0.4, 0.5) is 0 Å². The molecule has 0 aromatic rings. The van der Waals surface area contributed by atoms with Crippen LogP contribution in [0.15, 0.2) is 11.8 Å². The molecule has 1 aliphatic rings. The molecule has 0 radical (unpaired) electrons. The number of nitrogens with two attached hydrogens (primary N) is 1. The number of rotatable bonds is 3. The average molecular weight is 185 g/mol. The van der Waals surface area contributed by atoms with Crippen molar-refractivity contribution in [3.63, 3.8) is 0 Å². The molecule has 74 valence electrons. The summed E-state index contributed by atoms with van der Waals surface area (Å²) in [7, 11) is 0. The lowest BCUT2D eigenvalue weighted by Crippen LogP contribution is -2.27. The highest BCUT2D eigenvalue weighted by Crippen LogP contribution is 2.25. The summed E-state index contributed by atoms with van der Waals surface area (Å²) in [6, 6.07) is -0.576. The quantitative estimate of drug-likeness (QED) is 0.608. The topological polar surface area (TPSA) is 72.6 Å². The van der Waals surface area contributed by atoms with Crippen molar-refractivity contribution in [3.8, 4) is 0 Å². The zero-order valence-corrected chi connectivity index (χ0v) is 7.86. The van der Waals surface area contributed by atoms with E-state index in [1.807, 2.05) is 13.8 Å². The minimum Gasteiger partial charge on any atom is -0.429 e. The predicted molar refractivity (Wildman–Crippen MR) is 47.6 cm³/mol. The Morgan fingerprint density at radius 1 is 1.69 bits per heavy atom. The van der Waals surface area contributed by atoms with Crippen molar-refractivity contribution in [2.45, 2.75) is 19.9 Å². The molecule has 0 aromatic carbocycles. The molecule has 0 saturated heterocycles. The van der Waals surface area contributed by atoms with E-state index in [0.29, 0.717) is 5.76 Å². The summed E-state index contributed by atoms with van der Waals surface area (Å²) in [6.07, 6.45) is 1.70. The lowest BCUT2D eigenvalue weighted by atomic mass is 9.96. The zero-order valence-electron chi connectivity index (χ0n) is 7.86. The largest absolute Gasteiger partial charge is 0.429 e. The van der Waals surface area contributed by atoms with E-state index in [0.717, 1.165) is 0 Å². The molecule has 2 atom stereocenters. The third-order valence-electron chi connectivity index (χ3n) is 2.11. The van der Waals surface area contributed by atoms with Crippen LogP contribution < -0.4 is 5.73 Å². The van der Waals surface area contributed by atoms with E-state index in [-0.39, 0.29) is 24.4 Å². The number of aliphatic hydroxyl groups is 1. The number of carbonyl (C=O) groups excluding carboxylic acids is 1. The number of hydrogen-bond donors (Lipinski definition) is 2. The van der Waals surface area contributed by atoms with Gasteiger partial charge in [-0.05, 0) is 12.0 Å². The van der Waals surface area contributed by atoms with Crippen LogP contribution in [0.2, 0.25) is 0 Å². The molecule has 4 heteroatoms. The first-order valence-corrected chi connectivity index (χ1v) is 4.36. The van der Waals surface area contributed by atoms with Crippen molar-refractivity contribution in [2.75, 3.05) is 6.61 Å². The zero-order chi connectivity index (χ0) is 10.0. The van der Waals surface area contributed by atoms with Gasteiger partial charge in [-0.2, -0.15) is 0 Å². The molecule has 0 spiro atoms. The maximum atomic E-state index is 11.2. The highest BCUT2D eigenvalue weighted by Gasteiger charge is 2.31. The molecule has 4 nitrogen and oxygen atoms in total. The maximum Gasteiger partial charge on any atom is 0.318 e. The van der Waals surface area contributed by atoms with Gasteiger partial charge >= 0.3 is 5.97 Å². The van der Waals surface area contributed by atoms with Crippen LogP contribution in [0.1, 0.15) is 13.8 Å². The third kappa shape index (κ3) is 2.08. The standard InChI is InChI=1S/C9H15NO3/c1-5(2)6-3-8(7(10)4-11)13-9(6)12/h3,5-7,11H,4,10H2,1-2H3/t6-,7+/m1/s1. The van der Waals surface area contributed by atoms with Gasteiger partial charge in [0.05, 0.1) is 18.6 Å². The van der Waals surface area contributed by atoms with Crippen LogP contribution in [0.5, 0.6) is 0 Å². The fourth-order valence-corrected chi connectivity index (χ4v) is 1.22. The van der Waals surface area contributed by atoms with E-state index in [1.165, 1.54) is 0 Å². The fraction of sp³-hybridized carbons (Fsp3) is 0.667. The molecule has 0 bridgehead atoms. The molecule has 0 saturated carbocycles. The Labute approximate surface area is 77.4 Å². The fourth-order valence-electron chi connectivity index (χ4n) is 1.22. The summed E-state index contributed by atoms with van der Waals surface area (Å²) in [5.74, 6) is 0.114. The molecule has 1 aliphatic heterocycles. The predicted octanol–water partition coefficient (Wildman–Crippen LogP) is 0.0189. The molecule has 0 amide bonds. The normalized spacial score (nSPS) is 24.5. The summed E-state index contributed by atoms with van der Waals surface area (Å²) in [5, 5.41) is 8.75. The summed E-state index contributed by atoms with van der Waals surface area (Å²) in [6.45, 7) is 3.68. The van der Waals surface area contributed by atoms with Gasteiger partial charge in [0.25, 0.3) is 0 Å². The molecular weight excluding hydrogens is 170 g/mol. The molecule has 3 N–H and O–H groups in total. The van der Waals surface area contributed by atoms with Crippen molar-refractivity contribution in [1.82, 2.24) is 0 Å². The van der Waals surface area contributed by atoms with E-state index in [1.54, 1.807) is 6.08 Å². The Morgan fingerprint density at radius 2 is 2.31 bits per heavy atom. The SMILES string of the molecule is CC(C)[C@H]1C=C([C@@H](N)CO)OC1=O. The van der Waals surface area contributed by atoms with E-state index in [9.17, 15) is 4.79 Å². The average Bonchev–Trinajstić information content (AvgIpc) is 2.46. The van der Waals surface area contributed by atoms with Crippen molar-refractivity contribution in [3.05, 3.63) is 11.8 Å². The molecule has 13 heavy (non-hydrogen) atoms. The summed E-state index contributed by atoms with van der Waals surface area (Å²) in [4.78, 5) is 11.2. The van der Waals surface area contributed by atoms with Gasteiger partial charge in [0.2, 0.25) is 0 Å². The number of hydrogen-bond acceptors (Lipinski definition) is 4. The molecule has 0 aromatic heterocycles. The second-order valence-corrected chi connectivity index (χ2v) is 3.55. The summed E-state index contributed by atoms with van der Waals surface area (Å²) >= 11 is 0. The van der Waals surface area contributed by atoms with Crippen LogP contribution in [-0.4, -0.2) is 23.7 Å². The number of carbonyl (C=O) groups is 1. The Morgan fingerprint density at radius 3 is 2.69 bits per heavy atom. The first-order valence-electron chi connectivity index (χ1n) is 4.36. The van der Waals surface area contributed by atoms with Crippen LogP contribution in [0.25, 0.3) is 0 Å². The van der Waals surface area contributed by atoms with Crippen molar-refractivity contribution in [1.29, 1.82) is 0 Å². The van der Waals surface area contributed by atoms with Gasteiger partial charge in [-0.25, -0.2) is 0 Å². The first kappa shape index (κ1) is 10.2. The van der Waals surface area contributed by atoms with Gasteiger partial charge in [0.15, 0.2) is 0 Å². The van der Waals surface area contributed by atoms with Crippen LogP contribution in [0, 0.1) is 11.8 Å². The Balaban J connectivity index is 2.71. The molecule has 0 unspecified atom stereocenters. The van der Waals surface area contributed by atoms with Gasteiger partial charge < -0.3 is 15.6 Å². The number of aliphatic hydroxyl groups excluding tert-OH is 1. The summed E-state index contributed by atoms with van der Waals surface area (Å²) < 4.78 is 4.93. The number of cyclic esters (lactones) is 1. The highest BCUT2D eigenvalue weighted by molar-refractivity contribution is 5.78. The molecule has 0 fully saturated rings. The third-order valence-corrected chi connectivity index (χ3v) is 2.11. The van der Waals surface area contributed by atoms with Crippen LogP contribution in [-0.2, 0) is 9.53 Å². The Bertz CT molecular complexity index is 235. The highest BCUT2D eigenvalue weighted by atomic mass is 16.5. The lowest BCUT2D eigenvalue weighted by Gasteiger charge is -2.08. The van der Waals surface area contributed by atoms with E-state index >= 15 is 0 Å². The minimum atomic E-state index is -0.576. The lowest BCUT2D eigenvalue weighted by molar-refractivity contribution is -0.141.